The average molecular weight is 679 g/mol. The van der Waals surface area contributed by atoms with E-state index in [1.807, 2.05) is 42.5 Å². The van der Waals surface area contributed by atoms with Gasteiger partial charge in [-0.3, -0.25) is 0 Å². The monoisotopic (exact) mass is 678 g/mol. The molecule has 4 nitrogen and oxygen atoms in total. The van der Waals surface area contributed by atoms with E-state index in [9.17, 15) is 0 Å². The minimum atomic E-state index is 0.649. The maximum atomic E-state index is 6.43. The summed E-state index contributed by atoms with van der Waals surface area (Å²) in [7, 11) is 0. The number of aromatic nitrogens is 1. The molecule has 0 radical (unpaired) electrons. The van der Waals surface area contributed by atoms with Crippen molar-refractivity contribution in [2.75, 3.05) is 4.90 Å². The van der Waals surface area contributed by atoms with Gasteiger partial charge in [0.1, 0.15) is 16.9 Å². The third-order valence-electron chi connectivity index (χ3n) is 10.5. The number of furan rings is 1. The van der Waals surface area contributed by atoms with Gasteiger partial charge in [-0.05, 0) is 76.7 Å². The van der Waals surface area contributed by atoms with Gasteiger partial charge in [0.2, 0.25) is 5.89 Å². The molecule has 248 valence electrons. The molecule has 0 spiro atoms. The zero-order valence-electron chi connectivity index (χ0n) is 28.5. The van der Waals surface area contributed by atoms with Crippen LogP contribution in [0.25, 0.3) is 89.0 Å². The molecule has 2 aromatic heterocycles. The number of benzene rings is 8. The summed E-state index contributed by atoms with van der Waals surface area (Å²) < 4.78 is 12.8. The van der Waals surface area contributed by atoms with E-state index < -0.39 is 0 Å². The second-order valence-electron chi connectivity index (χ2n) is 13.5. The summed E-state index contributed by atoms with van der Waals surface area (Å²) in [4.78, 5) is 7.30. The smallest absolute Gasteiger partial charge is 0.227 e. The van der Waals surface area contributed by atoms with Crippen LogP contribution in [0, 0.1) is 0 Å². The van der Waals surface area contributed by atoms with E-state index in [1.165, 1.54) is 16.3 Å². The van der Waals surface area contributed by atoms with Crippen LogP contribution in [0.15, 0.2) is 191 Å². The number of fused-ring (bicyclic) bond motifs is 6. The van der Waals surface area contributed by atoms with Crippen LogP contribution in [-0.4, -0.2) is 4.98 Å². The Balaban J connectivity index is 0.993. The first-order chi connectivity index (χ1) is 26.3. The number of rotatable bonds is 6. The van der Waals surface area contributed by atoms with Gasteiger partial charge >= 0.3 is 0 Å². The Hall–Kier alpha value is -7.17. The Morgan fingerprint density at radius 1 is 0.396 bits per heavy atom. The second kappa shape index (κ2) is 11.7. The van der Waals surface area contributed by atoms with E-state index in [4.69, 9.17) is 13.8 Å². The maximum Gasteiger partial charge on any atom is 0.227 e. The molecule has 8 aromatic carbocycles. The van der Waals surface area contributed by atoms with E-state index in [0.29, 0.717) is 5.89 Å². The van der Waals surface area contributed by atoms with E-state index in [2.05, 4.69) is 144 Å². The summed E-state index contributed by atoms with van der Waals surface area (Å²) in [5.41, 5.74) is 13.6. The number of nitrogens with zero attached hydrogens (tertiary/aromatic N) is 2. The van der Waals surface area contributed by atoms with Gasteiger partial charge in [0.25, 0.3) is 0 Å². The molecule has 10 aromatic rings. The highest BCUT2D eigenvalue weighted by molar-refractivity contribution is 6.17. The molecule has 0 fully saturated rings. The molecule has 2 heterocycles. The van der Waals surface area contributed by atoms with Crippen LogP contribution < -0.4 is 4.90 Å². The average Bonchev–Trinajstić information content (AvgIpc) is 3.92. The van der Waals surface area contributed by atoms with E-state index in [0.717, 1.165) is 83.8 Å². The fraction of sp³-hybridized carbons (Fsp3) is 0. The zero-order chi connectivity index (χ0) is 34.9. The standard InChI is InChI=1S/C49H30N2O2/c1-3-12-32(13-4-1)49-50-46-42-29-28-37(40-20-11-22-43(45(40)42)48(46)53-49)33-14-9-17-36(30-33)51(34-15-5-2-6-16-34)35-26-24-31(25-27-35)38-19-10-21-41-39-18-7-8-23-44(39)52-47(38)41/h1-30H. The SMILES string of the molecule is c1ccc(-c2nc3c(o2)-c2cccc4c(-c5cccc(N(c6ccccc6)c6ccc(-c7cccc8c7oc7ccccc78)cc6)c5)ccc-3c24)cc1. The summed E-state index contributed by atoms with van der Waals surface area (Å²) in [6.07, 6.45) is 0. The lowest BCUT2D eigenvalue weighted by Crippen LogP contribution is -2.09. The summed E-state index contributed by atoms with van der Waals surface area (Å²) in [5, 5.41) is 4.63. The van der Waals surface area contributed by atoms with Crippen LogP contribution in [0.2, 0.25) is 0 Å². The molecule has 4 heteroatoms. The maximum absolute atomic E-state index is 6.43. The number of hydrogen-bond donors (Lipinski definition) is 0. The first-order valence-corrected chi connectivity index (χ1v) is 17.9. The number of anilines is 3. The molecule has 1 aliphatic carbocycles. The summed E-state index contributed by atoms with van der Waals surface area (Å²) in [5.74, 6) is 1.49. The molecule has 0 saturated heterocycles. The Kier molecular flexibility index (Phi) is 6.52. The fourth-order valence-corrected chi connectivity index (χ4v) is 8.04. The van der Waals surface area contributed by atoms with Gasteiger partial charge in [-0.1, -0.05) is 127 Å². The minimum Gasteiger partial charge on any atom is -0.455 e. The highest BCUT2D eigenvalue weighted by atomic mass is 16.4. The lowest BCUT2D eigenvalue weighted by atomic mass is 9.94. The quantitative estimate of drug-likeness (QED) is 0.176. The molecule has 0 amide bonds. The van der Waals surface area contributed by atoms with Crippen LogP contribution in [-0.2, 0) is 0 Å². The Bertz CT molecular complexity index is 2970. The fourth-order valence-electron chi connectivity index (χ4n) is 8.04. The molecule has 0 saturated carbocycles. The number of para-hydroxylation sites is 3. The lowest BCUT2D eigenvalue weighted by Gasteiger charge is -2.26. The highest BCUT2D eigenvalue weighted by Crippen LogP contribution is 2.50. The number of hydrogen-bond acceptors (Lipinski definition) is 4. The van der Waals surface area contributed by atoms with Crippen molar-refractivity contribution >= 4 is 49.8 Å². The molecule has 53 heavy (non-hydrogen) atoms. The van der Waals surface area contributed by atoms with Crippen molar-refractivity contribution in [3.05, 3.63) is 182 Å². The minimum absolute atomic E-state index is 0.649. The predicted molar refractivity (Wildman–Crippen MR) is 217 cm³/mol. The van der Waals surface area contributed by atoms with Crippen LogP contribution in [0.3, 0.4) is 0 Å². The molecule has 0 bridgehead atoms. The van der Waals surface area contributed by atoms with Crippen molar-refractivity contribution in [2.24, 2.45) is 0 Å². The molecule has 0 N–H and O–H groups in total. The normalized spacial score (nSPS) is 11.8. The van der Waals surface area contributed by atoms with Crippen molar-refractivity contribution in [2.45, 2.75) is 0 Å². The first-order valence-electron chi connectivity index (χ1n) is 17.9. The van der Waals surface area contributed by atoms with Gasteiger partial charge in [-0.15, -0.1) is 0 Å². The Morgan fingerprint density at radius 3 is 1.89 bits per heavy atom. The second-order valence-corrected chi connectivity index (χ2v) is 13.5. The Morgan fingerprint density at radius 2 is 1.04 bits per heavy atom. The molecule has 0 unspecified atom stereocenters. The highest BCUT2D eigenvalue weighted by Gasteiger charge is 2.29. The van der Waals surface area contributed by atoms with Gasteiger partial charge in [0, 0.05) is 55.5 Å². The summed E-state index contributed by atoms with van der Waals surface area (Å²) in [6.45, 7) is 0. The van der Waals surface area contributed by atoms with Crippen LogP contribution in [0.5, 0.6) is 0 Å². The van der Waals surface area contributed by atoms with E-state index in [1.54, 1.807) is 0 Å². The summed E-state index contributed by atoms with van der Waals surface area (Å²) in [6, 6.07) is 63.8. The van der Waals surface area contributed by atoms with E-state index >= 15 is 0 Å². The van der Waals surface area contributed by atoms with Crippen LogP contribution in [0.1, 0.15) is 0 Å². The molecule has 0 atom stereocenters. The van der Waals surface area contributed by atoms with Crippen molar-refractivity contribution in [3.63, 3.8) is 0 Å². The first kappa shape index (κ1) is 29.5. The van der Waals surface area contributed by atoms with Crippen molar-refractivity contribution < 1.29 is 8.83 Å². The van der Waals surface area contributed by atoms with Crippen LogP contribution >= 0.6 is 0 Å². The molecular weight excluding hydrogens is 649 g/mol. The van der Waals surface area contributed by atoms with Crippen molar-refractivity contribution in [1.29, 1.82) is 0 Å². The topological polar surface area (TPSA) is 42.4 Å². The van der Waals surface area contributed by atoms with Gasteiger partial charge in [0.05, 0.1) is 0 Å². The molecule has 0 aliphatic heterocycles. The van der Waals surface area contributed by atoms with E-state index in [-0.39, 0.29) is 0 Å². The third-order valence-corrected chi connectivity index (χ3v) is 10.5. The molecule has 1 aliphatic rings. The molecule has 11 rings (SSSR count). The van der Waals surface area contributed by atoms with Crippen molar-refractivity contribution in [1.82, 2.24) is 4.98 Å². The zero-order valence-corrected chi connectivity index (χ0v) is 28.5. The lowest BCUT2D eigenvalue weighted by molar-refractivity contribution is 0.590. The van der Waals surface area contributed by atoms with Gasteiger partial charge in [-0.2, -0.15) is 0 Å². The molecular formula is C49H30N2O2. The number of oxazole rings is 1. The van der Waals surface area contributed by atoms with Gasteiger partial charge < -0.3 is 13.7 Å². The third kappa shape index (κ3) is 4.66. The Labute approximate surface area is 305 Å². The van der Waals surface area contributed by atoms with Crippen LogP contribution in [0.4, 0.5) is 17.1 Å². The van der Waals surface area contributed by atoms with Gasteiger partial charge in [0.15, 0.2) is 5.76 Å². The summed E-state index contributed by atoms with van der Waals surface area (Å²) >= 11 is 0. The van der Waals surface area contributed by atoms with Gasteiger partial charge in [-0.25, -0.2) is 4.98 Å². The van der Waals surface area contributed by atoms with Crippen molar-refractivity contribution in [3.8, 4) is 56.3 Å². The predicted octanol–water partition coefficient (Wildman–Crippen LogP) is 13.8. The largest absolute Gasteiger partial charge is 0.455 e.